The van der Waals surface area contributed by atoms with Gasteiger partial charge < -0.3 is 30.1 Å². The van der Waals surface area contributed by atoms with Crippen molar-refractivity contribution >= 4 is 23.3 Å². The minimum absolute atomic E-state index is 0.221. The lowest BCUT2D eigenvalue weighted by Gasteiger charge is -2.19. The van der Waals surface area contributed by atoms with Crippen molar-refractivity contribution in [2.75, 3.05) is 38.0 Å². The maximum Gasteiger partial charge on any atom is 0.328 e. The number of methoxy groups -OCH3 is 1. The molecule has 0 saturated heterocycles. The summed E-state index contributed by atoms with van der Waals surface area (Å²) in [5, 5.41) is 22.5. The second-order valence-corrected chi connectivity index (χ2v) is 14.7. The summed E-state index contributed by atoms with van der Waals surface area (Å²) in [4.78, 5) is 24.1. The van der Waals surface area contributed by atoms with Crippen molar-refractivity contribution in [1.29, 1.82) is 0 Å². The molecule has 4 aromatic rings. The maximum absolute atomic E-state index is 13.8. The molecule has 0 aliphatic rings. The van der Waals surface area contributed by atoms with Gasteiger partial charge >= 0.3 is 5.97 Å². The van der Waals surface area contributed by atoms with Crippen LogP contribution in [0.2, 0.25) is 0 Å². The zero-order valence-corrected chi connectivity index (χ0v) is 36.4. The summed E-state index contributed by atoms with van der Waals surface area (Å²) in [6.45, 7) is 12.0. The molecule has 0 radical (unpaired) electrons. The highest BCUT2D eigenvalue weighted by Gasteiger charge is 2.20. The van der Waals surface area contributed by atoms with E-state index in [0.717, 1.165) is 30.4 Å². The minimum atomic E-state index is -0.649. The fourth-order valence-electron chi connectivity index (χ4n) is 6.28. The van der Waals surface area contributed by atoms with Crippen molar-refractivity contribution in [1.82, 2.24) is 11.0 Å². The lowest BCUT2D eigenvalue weighted by Crippen LogP contribution is -2.38. The SMILES string of the molecule is CNO.COC(=O)[C@@H](CCCCOCc1ccc(F)c(C)c1)Nc1cc(C)c(F)c(C)c1.Cc1cc(COCCCC[C@@H](Nc2cc(C)c(F)c(C)c2)C(=O)NO)ccc1F. The van der Waals surface area contributed by atoms with Crippen molar-refractivity contribution in [3.63, 3.8) is 0 Å². The van der Waals surface area contributed by atoms with E-state index < -0.39 is 18.0 Å². The Labute approximate surface area is 357 Å². The molecule has 1 amide bonds. The predicted molar refractivity (Wildman–Crippen MR) is 229 cm³/mol. The Morgan fingerprint density at radius 1 is 0.590 bits per heavy atom. The first-order valence-electron chi connectivity index (χ1n) is 20.1. The molecule has 11 nitrogen and oxygen atoms in total. The van der Waals surface area contributed by atoms with E-state index in [2.05, 4.69) is 10.6 Å². The van der Waals surface area contributed by atoms with E-state index >= 15 is 0 Å². The topological polar surface area (TPSA) is 150 Å². The van der Waals surface area contributed by atoms with E-state index in [9.17, 15) is 27.2 Å². The van der Waals surface area contributed by atoms with Gasteiger partial charge in [0.25, 0.3) is 5.91 Å². The summed E-state index contributed by atoms with van der Waals surface area (Å²) in [5.41, 5.74) is 9.79. The van der Waals surface area contributed by atoms with Crippen LogP contribution in [-0.4, -0.2) is 61.7 Å². The number of unbranched alkanes of at least 4 members (excludes halogenated alkanes) is 2. The van der Waals surface area contributed by atoms with Crippen LogP contribution in [0.3, 0.4) is 0 Å². The van der Waals surface area contributed by atoms with Crippen LogP contribution in [0, 0.1) is 64.8 Å². The largest absolute Gasteiger partial charge is 0.467 e. The van der Waals surface area contributed by atoms with Crippen molar-refractivity contribution in [2.45, 2.75) is 105 Å². The van der Waals surface area contributed by atoms with E-state index in [1.165, 1.54) is 26.3 Å². The molecule has 0 aliphatic heterocycles. The average Bonchev–Trinajstić information content (AvgIpc) is 3.22. The summed E-state index contributed by atoms with van der Waals surface area (Å²) >= 11 is 0. The van der Waals surface area contributed by atoms with E-state index in [1.54, 1.807) is 101 Å². The molecule has 0 fully saturated rings. The van der Waals surface area contributed by atoms with Gasteiger partial charge in [0.15, 0.2) is 0 Å². The van der Waals surface area contributed by atoms with Crippen LogP contribution in [0.15, 0.2) is 60.7 Å². The number of ether oxygens (including phenoxy) is 3. The van der Waals surface area contributed by atoms with Gasteiger partial charge in [0.05, 0.1) is 20.3 Å². The Bertz CT molecular complexity index is 1800. The van der Waals surface area contributed by atoms with Crippen LogP contribution in [0.5, 0.6) is 0 Å². The molecule has 336 valence electrons. The summed E-state index contributed by atoms with van der Waals surface area (Å²) < 4.78 is 70.3. The number of amides is 1. The number of esters is 1. The molecule has 4 rings (SSSR count). The van der Waals surface area contributed by atoms with E-state index in [0.29, 0.717) is 90.4 Å². The lowest BCUT2D eigenvalue weighted by molar-refractivity contribution is -0.141. The van der Waals surface area contributed by atoms with Crippen LogP contribution in [0.1, 0.15) is 83.0 Å². The van der Waals surface area contributed by atoms with Gasteiger partial charge in [-0.1, -0.05) is 24.3 Å². The highest BCUT2D eigenvalue weighted by atomic mass is 19.1. The minimum Gasteiger partial charge on any atom is -0.467 e. The summed E-state index contributed by atoms with van der Waals surface area (Å²) in [6.07, 6.45) is 3.98. The van der Waals surface area contributed by atoms with Crippen molar-refractivity contribution in [3.8, 4) is 0 Å². The van der Waals surface area contributed by atoms with Gasteiger partial charge in [0.1, 0.15) is 35.4 Å². The van der Waals surface area contributed by atoms with Crippen LogP contribution < -0.4 is 21.6 Å². The number of rotatable bonds is 20. The fourth-order valence-corrected chi connectivity index (χ4v) is 6.28. The van der Waals surface area contributed by atoms with Gasteiger partial charge in [-0.3, -0.25) is 10.0 Å². The smallest absolute Gasteiger partial charge is 0.328 e. The van der Waals surface area contributed by atoms with Gasteiger partial charge in [0, 0.05) is 31.6 Å². The van der Waals surface area contributed by atoms with Crippen LogP contribution in [0.4, 0.5) is 28.9 Å². The molecule has 4 aromatic carbocycles. The first kappa shape index (κ1) is 52.1. The fraction of sp³-hybridized carbons (Fsp3) is 0.435. The third kappa shape index (κ3) is 18.6. The van der Waals surface area contributed by atoms with Gasteiger partial charge in [-0.05, 0) is 161 Å². The zero-order valence-electron chi connectivity index (χ0n) is 36.4. The molecule has 0 heterocycles. The van der Waals surface area contributed by atoms with Gasteiger partial charge in [-0.15, -0.1) is 0 Å². The third-order valence-electron chi connectivity index (χ3n) is 9.51. The Kier molecular flexibility index (Phi) is 23.7. The number of aryl methyl sites for hydroxylation is 6. The van der Waals surface area contributed by atoms with Crippen LogP contribution in [-0.2, 0) is 37.0 Å². The Balaban J connectivity index is 0.000000395. The number of hydrogen-bond acceptors (Lipinski definition) is 10. The first-order valence-corrected chi connectivity index (χ1v) is 20.1. The molecule has 0 saturated carbocycles. The average molecular weight is 859 g/mol. The van der Waals surface area contributed by atoms with Crippen LogP contribution in [0.25, 0.3) is 0 Å². The van der Waals surface area contributed by atoms with Crippen LogP contribution >= 0.6 is 0 Å². The van der Waals surface area contributed by atoms with Crippen molar-refractivity contribution in [3.05, 3.63) is 128 Å². The molecule has 0 spiro atoms. The second kappa shape index (κ2) is 27.7. The van der Waals surface area contributed by atoms with Crippen molar-refractivity contribution in [2.24, 2.45) is 0 Å². The number of anilines is 2. The molecule has 0 bridgehead atoms. The van der Waals surface area contributed by atoms with Crippen molar-refractivity contribution < 1.29 is 51.8 Å². The Hall–Kier alpha value is -5.06. The monoisotopic (exact) mass is 858 g/mol. The molecule has 0 aromatic heterocycles. The third-order valence-corrected chi connectivity index (χ3v) is 9.51. The molecular weight excluding hydrogens is 797 g/mol. The van der Waals surface area contributed by atoms with E-state index in [-0.39, 0.29) is 29.2 Å². The quantitative estimate of drug-likeness (QED) is 0.0167. The molecule has 0 aliphatic carbocycles. The predicted octanol–water partition coefficient (Wildman–Crippen LogP) is 9.39. The molecule has 61 heavy (non-hydrogen) atoms. The molecule has 6 N–H and O–H groups in total. The number of nitrogens with one attached hydrogen (secondary N) is 4. The van der Waals surface area contributed by atoms with Gasteiger partial charge in [0.2, 0.25) is 0 Å². The van der Waals surface area contributed by atoms with Gasteiger partial charge in [-0.2, -0.15) is 0 Å². The summed E-state index contributed by atoms with van der Waals surface area (Å²) in [7, 11) is 2.78. The normalized spacial score (nSPS) is 11.6. The number of halogens is 4. The first-order chi connectivity index (χ1) is 29.0. The zero-order chi connectivity index (χ0) is 45.5. The number of benzene rings is 4. The number of carbonyl (C=O) groups excluding carboxylic acids is 2. The number of carbonyl (C=O) groups is 2. The summed E-state index contributed by atoms with van der Waals surface area (Å²) in [6, 6.07) is 15.3. The highest BCUT2D eigenvalue weighted by Crippen LogP contribution is 2.22. The molecule has 0 unspecified atom stereocenters. The Morgan fingerprint density at radius 2 is 0.967 bits per heavy atom. The standard InChI is InChI=1S/C23H29F2NO3.C22H28F2N2O3.CH5NO/c1-15-11-18(8-9-20(15)24)14-29-10-6-5-7-21(23(27)28-4)26-19-12-16(2)22(25)17(3)13-19;1-14-10-17(7-8-19(14)23)13-29-9-5-4-6-20(22(27)26-28)25-18-11-15(2)21(24)16(3)12-18;1-2-3/h8-9,11-13,21,26H,5-7,10,14H2,1-4H3;7-8,10-12,20,25,28H,4-6,9,13H2,1-3H3,(H,26,27);2-3H,1H3/t21-;20-;/m11./s1. The molecular formula is C46H62F4N4O7. The highest BCUT2D eigenvalue weighted by molar-refractivity contribution is 5.83. The van der Waals surface area contributed by atoms with E-state index in [1.807, 2.05) is 0 Å². The molecule has 2 atom stereocenters. The molecule has 15 heteroatoms. The maximum atomic E-state index is 13.8. The Morgan fingerprint density at radius 3 is 1.33 bits per heavy atom. The lowest BCUT2D eigenvalue weighted by atomic mass is 10.1. The number of hydrogen-bond donors (Lipinski definition) is 6. The van der Waals surface area contributed by atoms with E-state index in [4.69, 9.17) is 24.6 Å². The summed E-state index contributed by atoms with van der Waals surface area (Å²) in [5.74, 6) is -1.87. The number of hydroxylamine groups is 2. The van der Waals surface area contributed by atoms with Gasteiger partial charge in [-0.25, -0.2) is 33.3 Å². The second-order valence-electron chi connectivity index (χ2n) is 14.7.